The zero-order chi connectivity index (χ0) is 39.5. The predicted octanol–water partition coefficient (Wildman–Crippen LogP) is 14.5. The van der Waals surface area contributed by atoms with Gasteiger partial charge in [0, 0.05) is 34.5 Å². The lowest BCUT2D eigenvalue weighted by molar-refractivity contribution is 0.661. The Morgan fingerprint density at radius 1 is 0.373 bits per heavy atom. The minimum Gasteiger partial charge on any atom is -0.264 e. The molecule has 0 unspecified atom stereocenters. The molecule has 1 aliphatic carbocycles. The molecule has 0 N–H and O–H groups in total. The van der Waals surface area contributed by atoms with Crippen LogP contribution in [0, 0.1) is 0 Å². The van der Waals surface area contributed by atoms with E-state index < -0.39 is 0 Å². The Labute approximate surface area is 344 Å². The number of benzene rings is 8. The maximum Gasteiger partial charge on any atom is 0.161 e. The fourth-order valence-corrected chi connectivity index (χ4v) is 9.15. The largest absolute Gasteiger partial charge is 0.264 e. The van der Waals surface area contributed by atoms with Crippen LogP contribution in [0.4, 0.5) is 0 Å². The standard InChI is InChI=1S/C56H39N3/c1-56(2)50-29-26-41(33-49(50)54-45-18-7-6-12-37(45)25-30-51(54)56)40-15-10-16-42(32-40)44-27-28-48(47-20-9-8-19-46(44)47)55-58-52(38-13-4-3-5-14-38)34-53(59-55)39-23-21-36(22-24-39)43-17-11-31-57-35-43/h3-35H,1-2H3. The number of aromatic nitrogens is 3. The van der Waals surface area contributed by atoms with Crippen molar-refractivity contribution in [3.8, 4) is 78.4 Å². The van der Waals surface area contributed by atoms with Gasteiger partial charge in [-0.2, -0.15) is 0 Å². The van der Waals surface area contributed by atoms with Gasteiger partial charge in [0.15, 0.2) is 5.82 Å². The van der Waals surface area contributed by atoms with Crippen LogP contribution in [0.2, 0.25) is 0 Å². The van der Waals surface area contributed by atoms with Crippen LogP contribution in [0.25, 0.3) is 100.0 Å². The Bertz CT molecular complexity index is 3220. The van der Waals surface area contributed by atoms with Crippen LogP contribution in [0.1, 0.15) is 25.0 Å². The minimum atomic E-state index is -0.0637. The number of rotatable bonds is 6. The molecule has 11 rings (SSSR count). The summed E-state index contributed by atoms with van der Waals surface area (Å²) in [5, 5.41) is 4.87. The second-order valence-corrected chi connectivity index (χ2v) is 16.0. The highest BCUT2D eigenvalue weighted by Gasteiger charge is 2.36. The number of fused-ring (bicyclic) bond motifs is 6. The van der Waals surface area contributed by atoms with Crippen molar-refractivity contribution >= 4 is 21.5 Å². The van der Waals surface area contributed by atoms with Crippen molar-refractivity contribution < 1.29 is 0 Å². The molecular formula is C56H39N3. The van der Waals surface area contributed by atoms with Crippen molar-refractivity contribution in [1.29, 1.82) is 0 Å². The molecule has 0 spiro atoms. The summed E-state index contributed by atoms with van der Waals surface area (Å²) in [4.78, 5) is 14.8. The predicted molar refractivity (Wildman–Crippen MR) is 245 cm³/mol. The molecule has 2 aromatic heterocycles. The smallest absolute Gasteiger partial charge is 0.161 e. The maximum atomic E-state index is 5.26. The van der Waals surface area contributed by atoms with Crippen molar-refractivity contribution in [2.24, 2.45) is 0 Å². The molecule has 8 aromatic carbocycles. The van der Waals surface area contributed by atoms with Gasteiger partial charge >= 0.3 is 0 Å². The van der Waals surface area contributed by atoms with E-state index in [1.807, 2.05) is 18.3 Å². The fourth-order valence-electron chi connectivity index (χ4n) is 9.15. The molecule has 0 atom stereocenters. The second-order valence-electron chi connectivity index (χ2n) is 16.0. The SMILES string of the molecule is CC1(C)c2ccc(-c3cccc(-c4ccc(-c5nc(-c6ccccc6)cc(-c6ccc(-c7cccnc7)cc6)n5)c5ccccc45)c3)cc2-c2c1ccc1ccccc21. The molecule has 59 heavy (non-hydrogen) atoms. The van der Waals surface area contributed by atoms with Gasteiger partial charge in [0.2, 0.25) is 0 Å². The summed E-state index contributed by atoms with van der Waals surface area (Å²) in [6.07, 6.45) is 3.69. The zero-order valence-electron chi connectivity index (χ0n) is 32.9. The first kappa shape index (κ1) is 34.7. The summed E-state index contributed by atoms with van der Waals surface area (Å²) in [6, 6.07) is 67.6. The lowest BCUT2D eigenvalue weighted by Gasteiger charge is -2.21. The molecule has 0 amide bonds. The van der Waals surface area contributed by atoms with Crippen molar-refractivity contribution in [2.75, 3.05) is 0 Å². The number of nitrogens with zero attached hydrogens (tertiary/aromatic N) is 3. The van der Waals surface area contributed by atoms with E-state index in [1.165, 1.54) is 55.3 Å². The molecule has 2 heterocycles. The minimum absolute atomic E-state index is 0.0637. The summed E-state index contributed by atoms with van der Waals surface area (Å²) in [5.41, 5.74) is 17.2. The molecule has 0 saturated heterocycles. The summed E-state index contributed by atoms with van der Waals surface area (Å²) < 4.78 is 0. The van der Waals surface area contributed by atoms with E-state index in [-0.39, 0.29) is 5.41 Å². The van der Waals surface area contributed by atoms with Crippen LogP contribution in [-0.2, 0) is 5.41 Å². The van der Waals surface area contributed by atoms with Gasteiger partial charge in [-0.1, -0.05) is 172 Å². The van der Waals surface area contributed by atoms with Crippen LogP contribution in [0.5, 0.6) is 0 Å². The van der Waals surface area contributed by atoms with Crippen molar-refractivity contribution in [1.82, 2.24) is 15.0 Å². The zero-order valence-corrected chi connectivity index (χ0v) is 32.9. The van der Waals surface area contributed by atoms with Crippen LogP contribution in [0.15, 0.2) is 200 Å². The molecule has 0 aliphatic heterocycles. The normalized spacial score (nSPS) is 12.7. The summed E-state index contributed by atoms with van der Waals surface area (Å²) in [5.74, 6) is 0.697. The third-order valence-corrected chi connectivity index (χ3v) is 12.2. The quantitative estimate of drug-likeness (QED) is 0.170. The number of hydrogen-bond donors (Lipinski definition) is 0. The molecular weight excluding hydrogens is 715 g/mol. The van der Waals surface area contributed by atoms with E-state index in [0.29, 0.717) is 5.82 Å². The van der Waals surface area contributed by atoms with Gasteiger partial charge in [0.05, 0.1) is 11.4 Å². The maximum absolute atomic E-state index is 5.26. The van der Waals surface area contributed by atoms with E-state index in [4.69, 9.17) is 9.97 Å². The van der Waals surface area contributed by atoms with Gasteiger partial charge in [-0.15, -0.1) is 0 Å². The van der Waals surface area contributed by atoms with E-state index in [1.54, 1.807) is 6.20 Å². The summed E-state index contributed by atoms with van der Waals surface area (Å²) in [7, 11) is 0. The molecule has 1 aliphatic rings. The molecule has 0 radical (unpaired) electrons. The summed E-state index contributed by atoms with van der Waals surface area (Å²) in [6.45, 7) is 4.71. The Balaban J connectivity index is 1.01. The second kappa shape index (κ2) is 13.9. The highest BCUT2D eigenvalue weighted by molar-refractivity contribution is 6.05. The summed E-state index contributed by atoms with van der Waals surface area (Å²) >= 11 is 0. The number of hydrogen-bond acceptors (Lipinski definition) is 3. The molecule has 0 bridgehead atoms. The third-order valence-electron chi connectivity index (χ3n) is 12.2. The van der Waals surface area contributed by atoms with Gasteiger partial charge in [-0.05, 0) is 108 Å². The number of pyridine rings is 1. The molecule has 3 nitrogen and oxygen atoms in total. The monoisotopic (exact) mass is 753 g/mol. The van der Waals surface area contributed by atoms with Gasteiger partial charge in [-0.25, -0.2) is 9.97 Å². The van der Waals surface area contributed by atoms with E-state index in [2.05, 4.69) is 195 Å². The van der Waals surface area contributed by atoms with Gasteiger partial charge in [0.1, 0.15) is 0 Å². The molecule has 0 saturated carbocycles. The van der Waals surface area contributed by atoms with Crippen molar-refractivity contribution in [3.63, 3.8) is 0 Å². The van der Waals surface area contributed by atoms with Gasteiger partial charge in [0.25, 0.3) is 0 Å². The van der Waals surface area contributed by atoms with E-state index in [0.717, 1.165) is 50.0 Å². The first-order valence-electron chi connectivity index (χ1n) is 20.2. The molecule has 278 valence electrons. The fraction of sp³-hybridized carbons (Fsp3) is 0.0536. The average molecular weight is 754 g/mol. The average Bonchev–Trinajstić information content (AvgIpc) is 3.54. The van der Waals surface area contributed by atoms with Crippen LogP contribution in [0.3, 0.4) is 0 Å². The van der Waals surface area contributed by atoms with Crippen LogP contribution >= 0.6 is 0 Å². The van der Waals surface area contributed by atoms with Crippen LogP contribution < -0.4 is 0 Å². The molecule has 0 fully saturated rings. The third kappa shape index (κ3) is 5.94. The van der Waals surface area contributed by atoms with Gasteiger partial charge < -0.3 is 0 Å². The highest BCUT2D eigenvalue weighted by atomic mass is 14.9. The molecule has 10 aromatic rings. The highest BCUT2D eigenvalue weighted by Crippen LogP contribution is 2.52. The lowest BCUT2D eigenvalue weighted by atomic mass is 9.82. The topological polar surface area (TPSA) is 38.7 Å². The van der Waals surface area contributed by atoms with Crippen molar-refractivity contribution in [2.45, 2.75) is 19.3 Å². The Morgan fingerprint density at radius 3 is 1.75 bits per heavy atom. The van der Waals surface area contributed by atoms with Crippen molar-refractivity contribution in [3.05, 3.63) is 212 Å². The van der Waals surface area contributed by atoms with Crippen LogP contribution in [-0.4, -0.2) is 15.0 Å². The van der Waals surface area contributed by atoms with Gasteiger partial charge in [-0.3, -0.25) is 4.98 Å². The van der Waals surface area contributed by atoms with E-state index >= 15 is 0 Å². The Morgan fingerprint density at radius 2 is 0.966 bits per heavy atom. The Kier molecular flexibility index (Phi) is 8.16. The lowest BCUT2D eigenvalue weighted by Crippen LogP contribution is -2.14. The first-order chi connectivity index (χ1) is 29.0. The molecule has 3 heteroatoms. The Hall–Kier alpha value is -7.49. The van der Waals surface area contributed by atoms with E-state index in [9.17, 15) is 0 Å². The first-order valence-corrected chi connectivity index (χ1v) is 20.2.